The smallest absolute Gasteiger partial charge is 0.231 e. The Balaban J connectivity index is 2.03. The minimum Gasteiger partial charge on any atom is -0.454 e. The number of rotatable bonds is 14. The molecule has 1 unspecified atom stereocenters. The van der Waals surface area contributed by atoms with Gasteiger partial charge in [0.2, 0.25) is 6.79 Å². The molecule has 1 aromatic carbocycles. The van der Waals surface area contributed by atoms with Gasteiger partial charge in [0, 0.05) is 29.2 Å². The maximum absolute atomic E-state index is 13.1. The zero-order valence-corrected chi connectivity index (χ0v) is 23.8. The first kappa shape index (κ1) is 28.5. The van der Waals surface area contributed by atoms with Crippen molar-refractivity contribution < 1.29 is 22.9 Å². The molecule has 0 bridgehead atoms. The third kappa shape index (κ3) is 7.15. The number of carbonyl (C=O) groups excluding carboxylic acids is 1. The highest BCUT2D eigenvalue weighted by molar-refractivity contribution is 7.89. The molecule has 7 heteroatoms. The number of Topliss-reactive ketones (excluding diaryl/α,β-unsaturated/α-hetero) is 1. The highest BCUT2D eigenvalue weighted by atomic mass is 32.2. The van der Waals surface area contributed by atoms with E-state index in [9.17, 15) is 9.00 Å². The van der Waals surface area contributed by atoms with Crippen molar-refractivity contribution in [2.24, 2.45) is 5.92 Å². The number of fused-ring (bicyclic) bond motifs is 1. The standard InChI is InChI=1S/C27H42O5SSi/c1-9-33(29)21(4)13-10-11-15-24(28)23-18-26-25(30-19-31-26)17-22(23)14-12-16-32-34(7,8)27(5,6)20(2)3/h10,13,17-18,20H,4,9,11-12,14-16,19H2,1-3,5-8H3/b13-10-. The number of hydrogen-bond acceptors (Lipinski definition) is 5. The normalized spacial score (nSPS) is 14.7. The second kappa shape index (κ2) is 12.3. The van der Waals surface area contributed by atoms with Crippen LogP contribution in [-0.4, -0.2) is 37.5 Å². The van der Waals surface area contributed by atoms with Crippen molar-refractivity contribution in [2.45, 2.75) is 78.4 Å². The monoisotopic (exact) mass is 506 g/mol. The van der Waals surface area contributed by atoms with Gasteiger partial charge >= 0.3 is 0 Å². The molecule has 0 N–H and O–H groups in total. The minimum atomic E-state index is -1.87. The van der Waals surface area contributed by atoms with Gasteiger partial charge in [-0.3, -0.25) is 9.00 Å². The van der Waals surface area contributed by atoms with Gasteiger partial charge in [0.15, 0.2) is 25.6 Å². The van der Waals surface area contributed by atoms with Gasteiger partial charge in [-0.2, -0.15) is 0 Å². The first-order valence-corrected chi connectivity index (χ1v) is 16.5. The molecule has 0 aliphatic carbocycles. The van der Waals surface area contributed by atoms with Crippen LogP contribution in [0, 0.1) is 5.92 Å². The zero-order valence-electron chi connectivity index (χ0n) is 22.0. The van der Waals surface area contributed by atoms with E-state index in [0.29, 0.717) is 53.1 Å². The summed E-state index contributed by atoms with van der Waals surface area (Å²) >= 11 is 0. The lowest BCUT2D eigenvalue weighted by Gasteiger charge is -2.42. The molecule has 1 aliphatic rings. The van der Waals surface area contributed by atoms with Crippen LogP contribution in [0.25, 0.3) is 0 Å². The van der Waals surface area contributed by atoms with Crippen LogP contribution in [0.3, 0.4) is 0 Å². The predicted molar refractivity (Wildman–Crippen MR) is 144 cm³/mol. The first-order valence-electron chi connectivity index (χ1n) is 12.2. The van der Waals surface area contributed by atoms with Crippen LogP contribution < -0.4 is 9.47 Å². The van der Waals surface area contributed by atoms with Crippen LogP contribution in [0.4, 0.5) is 0 Å². The molecule has 2 rings (SSSR count). The fourth-order valence-electron chi connectivity index (χ4n) is 3.75. The Bertz CT molecular complexity index is 933. The fraction of sp³-hybridized carbons (Fsp3) is 0.593. The lowest BCUT2D eigenvalue weighted by atomic mass is 9.96. The van der Waals surface area contributed by atoms with Crippen LogP contribution in [0.2, 0.25) is 18.1 Å². The number of carbonyl (C=O) groups is 1. The molecule has 1 aromatic rings. The van der Waals surface area contributed by atoms with Gasteiger partial charge in [-0.1, -0.05) is 53.3 Å². The second-order valence-electron chi connectivity index (χ2n) is 10.2. The average molecular weight is 507 g/mol. The Kier molecular flexibility index (Phi) is 10.3. The van der Waals surface area contributed by atoms with Crippen LogP contribution in [0.15, 0.2) is 35.8 Å². The van der Waals surface area contributed by atoms with E-state index in [0.717, 1.165) is 18.4 Å². The van der Waals surface area contributed by atoms with Gasteiger partial charge in [0.1, 0.15) is 0 Å². The predicted octanol–water partition coefficient (Wildman–Crippen LogP) is 6.81. The van der Waals surface area contributed by atoms with E-state index in [2.05, 4.69) is 47.4 Å². The van der Waals surface area contributed by atoms with E-state index >= 15 is 0 Å². The summed E-state index contributed by atoms with van der Waals surface area (Å²) in [7, 11) is -2.93. The summed E-state index contributed by atoms with van der Waals surface area (Å²) in [6.07, 6.45) is 6.15. The number of aryl methyl sites for hydroxylation is 1. The Morgan fingerprint density at radius 1 is 1.26 bits per heavy atom. The van der Waals surface area contributed by atoms with Gasteiger partial charge in [-0.15, -0.1) is 0 Å². The maximum Gasteiger partial charge on any atom is 0.231 e. The van der Waals surface area contributed by atoms with Crippen LogP contribution >= 0.6 is 0 Å². The summed E-state index contributed by atoms with van der Waals surface area (Å²) in [5.41, 5.74) is 1.66. The fourth-order valence-corrected chi connectivity index (χ4v) is 6.78. The molecule has 0 amide bonds. The van der Waals surface area contributed by atoms with Crippen LogP contribution in [0.5, 0.6) is 11.5 Å². The summed E-state index contributed by atoms with van der Waals surface area (Å²) in [5, 5.41) is 0.176. The van der Waals surface area contributed by atoms with Crippen molar-refractivity contribution in [3.8, 4) is 11.5 Å². The largest absolute Gasteiger partial charge is 0.454 e. The highest BCUT2D eigenvalue weighted by Gasteiger charge is 2.43. The molecular weight excluding hydrogens is 464 g/mol. The Labute approximate surface area is 209 Å². The molecule has 5 nitrogen and oxygen atoms in total. The maximum atomic E-state index is 13.1. The average Bonchev–Trinajstić information content (AvgIpc) is 3.25. The van der Waals surface area contributed by atoms with E-state index in [1.54, 1.807) is 6.08 Å². The van der Waals surface area contributed by atoms with Gasteiger partial charge in [-0.25, -0.2) is 0 Å². The quantitative estimate of drug-likeness (QED) is 0.120. The van der Waals surface area contributed by atoms with Crippen molar-refractivity contribution in [1.82, 2.24) is 0 Å². The number of ketones is 1. The molecule has 0 aromatic heterocycles. The van der Waals surface area contributed by atoms with Crippen molar-refractivity contribution in [1.29, 1.82) is 0 Å². The van der Waals surface area contributed by atoms with E-state index in [1.807, 2.05) is 25.1 Å². The second-order valence-corrected chi connectivity index (χ2v) is 16.6. The molecule has 0 saturated carbocycles. The summed E-state index contributed by atoms with van der Waals surface area (Å²) in [4.78, 5) is 13.7. The minimum absolute atomic E-state index is 0.0664. The van der Waals surface area contributed by atoms with E-state index < -0.39 is 19.1 Å². The molecule has 0 spiro atoms. The summed E-state index contributed by atoms with van der Waals surface area (Å²) in [6, 6.07) is 3.76. The molecule has 1 heterocycles. The molecule has 1 aliphatic heterocycles. The van der Waals surface area contributed by atoms with E-state index in [-0.39, 0.29) is 17.6 Å². The van der Waals surface area contributed by atoms with E-state index in [1.165, 1.54) is 0 Å². The third-order valence-corrected chi connectivity index (χ3v) is 13.2. The van der Waals surface area contributed by atoms with Crippen LogP contribution in [0.1, 0.15) is 69.8 Å². The number of ether oxygens (including phenoxy) is 2. The summed E-state index contributed by atoms with van der Waals surface area (Å²) in [5.74, 6) is 2.48. The molecule has 0 saturated heterocycles. The summed E-state index contributed by atoms with van der Waals surface area (Å²) < 4.78 is 29.3. The molecule has 34 heavy (non-hydrogen) atoms. The molecule has 0 fully saturated rings. The van der Waals surface area contributed by atoms with Crippen LogP contribution in [-0.2, 0) is 21.6 Å². The third-order valence-electron chi connectivity index (χ3n) is 7.34. The number of allylic oxidation sites excluding steroid dienone is 2. The topological polar surface area (TPSA) is 61.8 Å². The number of hydrogen-bond donors (Lipinski definition) is 0. The Morgan fingerprint density at radius 2 is 1.91 bits per heavy atom. The summed E-state index contributed by atoms with van der Waals surface area (Å²) in [6.45, 7) is 20.3. The van der Waals surface area contributed by atoms with Gasteiger partial charge in [0.05, 0.1) is 10.8 Å². The lowest BCUT2D eigenvalue weighted by molar-refractivity contribution is 0.0982. The van der Waals surface area contributed by atoms with E-state index in [4.69, 9.17) is 13.9 Å². The number of benzene rings is 1. The van der Waals surface area contributed by atoms with Crippen molar-refractivity contribution >= 4 is 24.9 Å². The molecule has 0 radical (unpaired) electrons. The van der Waals surface area contributed by atoms with Gasteiger partial charge in [0.25, 0.3) is 0 Å². The first-order chi connectivity index (χ1) is 15.9. The molecule has 1 atom stereocenters. The lowest BCUT2D eigenvalue weighted by Crippen LogP contribution is -2.45. The highest BCUT2D eigenvalue weighted by Crippen LogP contribution is 2.44. The molecule has 190 valence electrons. The van der Waals surface area contributed by atoms with Gasteiger partial charge < -0.3 is 13.9 Å². The molecular formula is C27H42O5SSi. The SMILES string of the molecule is C=C(/C=C\CCC(=O)c1cc2c(cc1CCCO[Si](C)(C)C(C)(C)C(C)C)OCO2)S(=O)CC. The Morgan fingerprint density at radius 3 is 2.53 bits per heavy atom. The van der Waals surface area contributed by atoms with Gasteiger partial charge in [-0.05, 0) is 61.0 Å². The van der Waals surface area contributed by atoms with Crippen molar-refractivity contribution in [2.75, 3.05) is 19.2 Å². The van der Waals surface area contributed by atoms with Crippen molar-refractivity contribution in [3.63, 3.8) is 0 Å². The zero-order chi connectivity index (χ0) is 25.5. The Hall–Kier alpha value is -1.70. The van der Waals surface area contributed by atoms with Crippen molar-refractivity contribution in [3.05, 3.63) is 46.9 Å².